The summed E-state index contributed by atoms with van der Waals surface area (Å²) in [6, 6.07) is 33.7. The van der Waals surface area contributed by atoms with Crippen molar-refractivity contribution < 1.29 is 29.2 Å². The van der Waals surface area contributed by atoms with Crippen LogP contribution in [0.2, 0.25) is 0 Å². The van der Waals surface area contributed by atoms with E-state index in [1.165, 1.54) is 6.33 Å². The molecule has 1 aliphatic carbocycles. The van der Waals surface area contributed by atoms with Crippen LogP contribution in [0.4, 0.5) is 5.82 Å². The summed E-state index contributed by atoms with van der Waals surface area (Å²) in [4.78, 5) is 26.1. The molecule has 0 unspecified atom stereocenters. The number of aliphatic hydroxyl groups is 2. The molecule has 0 spiro atoms. The normalized spacial score (nSPS) is 19.0. The van der Waals surface area contributed by atoms with Gasteiger partial charge in [-0.3, -0.25) is 4.79 Å². The van der Waals surface area contributed by atoms with E-state index in [1.54, 1.807) is 49.4 Å². The van der Waals surface area contributed by atoms with E-state index in [4.69, 9.17) is 14.2 Å². The Morgan fingerprint density at radius 1 is 0.780 bits per heavy atom. The molecular formula is C39H37N5O6. The molecule has 0 bridgehead atoms. The van der Waals surface area contributed by atoms with Gasteiger partial charge in [-0.2, -0.15) is 0 Å². The number of fused-ring (bicyclic) bond motifs is 1. The van der Waals surface area contributed by atoms with Crippen LogP contribution < -0.4 is 14.8 Å². The molecule has 11 heteroatoms. The highest BCUT2D eigenvalue weighted by atomic mass is 16.5. The van der Waals surface area contributed by atoms with Crippen molar-refractivity contribution in [2.75, 3.05) is 26.1 Å². The van der Waals surface area contributed by atoms with Crippen LogP contribution in [0.3, 0.4) is 0 Å². The van der Waals surface area contributed by atoms with Crippen molar-refractivity contribution in [3.05, 3.63) is 144 Å². The van der Waals surface area contributed by atoms with Gasteiger partial charge in [0.25, 0.3) is 5.91 Å². The first-order valence-electron chi connectivity index (χ1n) is 16.3. The van der Waals surface area contributed by atoms with Crippen LogP contribution in [0.1, 0.15) is 39.5 Å². The fraction of sp³-hybridized carbons (Fsp3) is 0.231. The minimum atomic E-state index is -1.13. The highest BCUT2D eigenvalue weighted by Gasteiger charge is 2.46. The molecule has 7 rings (SSSR count). The number of nitrogens with zero attached hydrogens (tertiary/aromatic N) is 4. The highest BCUT2D eigenvalue weighted by Crippen LogP contribution is 2.44. The van der Waals surface area contributed by atoms with E-state index >= 15 is 0 Å². The van der Waals surface area contributed by atoms with Gasteiger partial charge in [-0.25, -0.2) is 15.0 Å². The molecule has 254 valence electrons. The maximum atomic E-state index is 12.9. The standard InChI is InChI=1S/C39H37N5O6/c1-48-30-17-13-28(14-18-30)39(27-11-7-4-8-12-27,29-15-19-31(49-2)20-16-29)50-22-26-21-32(35(46)34(26)45)44-24-42-33-36(40-23-41-37(33)44)43-38(47)25-9-5-3-6-10-25/h3-20,23-24,26,32,34-35,45-46H,21-22H2,1-2H3,(H,40,41,43,47)/t26-,32-,34-,35+/m1/s1. The van der Waals surface area contributed by atoms with Crippen LogP contribution >= 0.6 is 0 Å². The van der Waals surface area contributed by atoms with E-state index in [2.05, 4.69) is 20.3 Å². The molecule has 0 radical (unpaired) electrons. The van der Waals surface area contributed by atoms with Crippen molar-refractivity contribution in [2.45, 2.75) is 30.3 Å². The van der Waals surface area contributed by atoms with Crippen LogP contribution in [0.15, 0.2) is 122 Å². The number of nitrogens with one attached hydrogen (secondary N) is 1. The van der Waals surface area contributed by atoms with E-state index in [9.17, 15) is 15.0 Å². The van der Waals surface area contributed by atoms with Crippen LogP contribution in [-0.2, 0) is 10.3 Å². The van der Waals surface area contributed by atoms with Crippen molar-refractivity contribution in [2.24, 2.45) is 5.92 Å². The van der Waals surface area contributed by atoms with E-state index in [-0.39, 0.29) is 18.3 Å². The number of carbonyl (C=O) groups excluding carboxylic acids is 1. The van der Waals surface area contributed by atoms with Crippen molar-refractivity contribution in [1.82, 2.24) is 19.5 Å². The first-order valence-corrected chi connectivity index (χ1v) is 16.3. The first kappa shape index (κ1) is 32.9. The van der Waals surface area contributed by atoms with Gasteiger partial charge in [0.2, 0.25) is 0 Å². The molecule has 2 aromatic heterocycles. The maximum Gasteiger partial charge on any atom is 0.256 e. The predicted octanol–water partition coefficient (Wildman–Crippen LogP) is 5.39. The third-order valence-electron chi connectivity index (χ3n) is 9.44. The second kappa shape index (κ2) is 14.1. The minimum absolute atomic E-state index is 0.113. The summed E-state index contributed by atoms with van der Waals surface area (Å²) in [6.07, 6.45) is 1.05. The number of ether oxygens (including phenoxy) is 3. The second-order valence-electron chi connectivity index (χ2n) is 12.2. The number of imidazole rings is 1. The number of methoxy groups -OCH3 is 2. The quantitative estimate of drug-likeness (QED) is 0.155. The lowest BCUT2D eigenvalue weighted by Crippen LogP contribution is -2.37. The zero-order valence-corrected chi connectivity index (χ0v) is 27.6. The number of amides is 1. The van der Waals surface area contributed by atoms with E-state index in [0.717, 1.165) is 16.7 Å². The van der Waals surface area contributed by atoms with Crippen molar-refractivity contribution in [3.8, 4) is 11.5 Å². The topological polar surface area (TPSA) is 141 Å². The molecule has 1 fully saturated rings. The zero-order chi connectivity index (χ0) is 34.7. The Morgan fingerprint density at radius 3 is 1.96 bits per heavy atom. The molecule has 1 aliphatic rings. The van der Waals surface area contributed by atoms with Gasteiger partial charge in [-0.05, 0) is 59.5 Å². The molecule has 4 aromatic carbocycles. The lowest BCUT2D eigenvalue weighted by atomic mass is 9.79. The number of hydrogen-bond acceptors (Lipinski definition) is 9. The van der Waals surface area contributed by atoms with Crippen LogP contribution in [0.25, 0.3) is 11.2 Å². The van der Waals surface area contributed by atoms with Crippen molar-refractivity contribution in [3.63, 3.8) is 0 Å². The number of anilines is 1. The van der Waals surface area contributed by atoms with Crippen LogP contribution in [0, 0.1) is 5.92 Å². The Balaban J connectivity index is 1.20. The number of benzene rings is 4. The number of aromatic nitrogens is 4. The summed E-state index contributed by atoms with van der Waals surface area (Å²) in [5, 5.41) is 25.7. The lowest BCUT2D eigenvalue weighted by molar-refractivity contribution is -0.0496. The molecular weight excluding hydrogens is 634 g/mol. The Labute approximate surface area is 289 Å². The summed E-state index contributed by atoms with van der Waals surface area (Å²) in [5.41, 5.74) is 2.82. The largest absolute Gasteiger partial charge is 0.497 e. The number of carbonyl (C=O) groups is 1. The molecule has 50 heavy (non-hydrogen) atoms. The Hall–Kier alpha value is -5.62. The molecule has 0 aliphatic heterocycles. The lowest BCUT2D eigenvalue weighted by Gasteiger charge is -2.37. The molecule has 1 saturated carbocycles. The monoisotopic (exact) mass is 671 g/mol. The molecule has 3 N–H and O–H groups in total. The van der Waals surface area contributed by atoms with Gasteiger partial charge in [0.15, 0.2) is 17.0 Å². The number of rotatable bonds is 11. The Morgan fingerprint density at radius 2 is 1.36 bits per heavy atom. The van der Waals surface area contributed by atoms with E-state index < -0.39 is 29.8 Å². The summed E-state index contributed by atoms with van der Waals surface area (Å²) < 4.78 is 19.7. The van der Waals surface area contributed by atoms with Gasteiger partial charge in [0, 0.05) is 11.5 Å². The molecule has 6 aromatic rings. The van der Waals surface area contributed by atoms with Crippen LogP contribution in [0.5, 0.6) is 11.5 Å². The second-order valence-corrected chi connectivity index (χ2v) is 12.2. The average Bonchev–Trinajstić information content (AvgIpc) is 3.73. The molecule has 11 nitrogen and oxygen atoms in total. The maximum absolute atomic E-state index is 12.9. The Kier molecular flexibility index (Phi) is 9.27. The van der Waals surface area contributed by atoms with Gasteiger partial charge in [-0.1, -0.05) is 72.8 Å². The third-order valence-corrected chi connectivity index (χ3v) is 9.44. The van der Waals surface area contributed by atoms with Crippen molar-refractivity contribution >= 4 is 22.9 Å². The predicted molar refractivity (Wildman–Crippen MR) is 187 cm³/mol. The summed E-state index contributed by atoms with van der Waals surface area (Å²) in [5.74, 6) is 0.890. The molecule has 2 heterocycles. The first-order chi connectivity index (χ1) is 24.4. The number of aliphatic hydroxyl groups excluding tert-OH is 2. The van der Waals surface area contributed by atoms with Gasteiger partial charge < -0.3 is 34.3 Å². The highest BCUT2D eigenvalue weighted by molar-refractivity contribution is 6.06. The molecule has 1 amide bonds. The summed E-state index contributed by atoms with van der Waals surface area (Å²) in [6.45, 7) is 0.113. The zero-order valence-electron chi connectivity index (χ0n) is 27.6. The SMILES string of the molecule is COc1ccc(C(OC[C@H]2C[C@@H](n3cnc4c(NC(=O)c5ccccc5)ncnc43)[C@H](O)[C@@H]2O)(c2ccccc2)c2ccc(OC)cc2)cc1. The molecule has 0 saturated heterocycles. The van der Waals surface area contributed by atoms with E-state index in [0.29, 0.717) is 34.6 Å². The van der Waals surface area contributed by atoms with Gasteiger partial charge in [0.1, 0.15) is 29.5 Å². The Bertz CT molecular complexity index is 2010. The van der Waals surface area contributed by atoms with Gasteiger partial charge in [-0.15, -0.1) is 0 Å². The fourth-order valence-corrected chi connectivity index (χ4v) is 6.80. The van der Waals surface area contributed by atoms with Crippen LogP contribution in [-0.4, -0.2) is 68.7 Å². The van der Waals surface area contributed by atoms with E-state index in [1.807, 2.05) is 84.9 Å². The number of hydrogen-bond donors (Lipinski definition) is 3. The fourth-order valence-electron chi connectivity index (χ4n) is 6.80. The summed E-state index contributed by atoms with van der Waals surface area (Å²) in [7, 11) is 3.25. The average molecular weight is 672 g/mol. The van der Waals surface area contributed by atoms with Crippen molar-refractivity contribution in [1.29, 1.82) is 0 Å². The molecule has 4 atom stereocenters. The minimum Gasteiger partial charge on any atom is -0.497 e. The van der Waals surface area contributed by atoms with Gasteiger partial charge >= 0.3 is 0 Å². The smallest absolute Gasteiger partial charge is 0.256 e. The summed E-state index contributed by atoms with van der Waals surface area (Å²) >= 11 is 0. The van der Waals surface area contributed by atoms with Gasteiger partial charge in [0.05, 0.1) is 39.3 Å². The third kappa shape index (κ3) is 6.07.